The summed E-state index contributed by atoms with van der Waals surface area (Å²) in [5.74, 6) is 0.879. The molecule has 2 aromatic heterocycles. The van der Waals surface area contributed by atoms with E-state index in [1.807, 2.05) is 55.6 Å². The number of aromatic amines is 1. The first-order chi connectivity index (χ1) is 16.4. The number of aromatic nitrogens is 2. The molecule has 7 nitrogen and oxygen atoms in total. The number of nitrogens with zero attached hydrogens (tertiary/aromatic N) is 1. The minimum atomic E-state index is -0.763. The van der Waals surface area contributed by atoms with Gasteiger partial charge in [-0.3, -0.25) is 0 Å². The largest absolute Gasteiger partial charge is 0.493 e. The summed E-state index contributed by atoms with van der Waals surface area (Å²) in [5.41, 5.74) is 9.45. The van der Waals surface area contributed by atoms with E-state index in [2.05, 4.69) is 11.1 Å². The number of thiophene rings is 1. The second-order valence-corrected chi connectivity index (χ2v) is 9.00. The zero-order chi connectivity index (χ0) is 24.2. The summed E-state index contributed by atoms with van der Waals surface area (Å²) in [6.07, 6.45) is 0. The first-order valence-corrected chi connectivity index (χ1v) is 11.7. The molecule has 1 unspecified atom stereocenters. The smallest absolute Gasteiger partial charge is 0.328 e. The van der Waals surface area contributed by atoms with Crippen molar-refractivity contribution in [1.82, 2.24) is 9.97 Å². The van der Waals surface area contributed by atoms with E-state index >= 15 is 0 Å². The number of H-pyrrole nitrogens is 1. The van der Waals surface area contributed by atoms with Gasteiger partial charge in [-0.05, 0) is 29.5 Å². The third kappa shape index (κ3) is 4.69. The van der Waals surface area contributed by atoms with E-state index in [4.69, 9.17) is 24.9 Å². The van der Waals surface area contributed by atoms with Crippen LogP contribution in [0, 0.1) is 5.92 Å². The highest BCUT2D eigenvalue weighted by Gasteiger charge is 2.25. The van der Waals surface area contributed by atoms with E-state index in [9.17, 15) is 4.79 Å². The maximum absolute atomic E-state index is 12.5. The Bertz CT molecular complexity index is 1240. The van der Waals surface area contributed by atoms with Gasteiger partial charge in [0.2, 0.25) is 5.75 Å². The number of carbonyl (C=O) groups is 1. The van der Waals surface area contributed by atoms with Crippen molar-refractivity contribution in [3.8, 4) is 50.5 Å². The summed E-state index contributed by atoms with van der Waals surface area (Å²) in [4.78, 5) is 21.9. The molecule has 0 amide bonds. The average molecular weight is 478 g/mol. The maximum atomic E-state index is 12.5. The third-order valence-electron chi connectivity index (χ3n) is 5.45. The number of methoxy groups -OCH3 is 2. The number of hydrogen-bond donors (Lipinski definition) is 2. The molecule has 1 atom stereocenters. The van der Waals surface area contributed by atoms with Crippen molar-refractivity contribution in [3.63, 3.8) is 0 Å². The fraction of sp³-hybridized carbons (Fsp3) is 0.231. The van der Waals surface area contributed by atoms with Crippen molar-refractivity contribution in [2.45, 2.75) is 19.9 Å². The molecule has 0 bridgehead atoms. The summed E-state index contributed by atoms with van der Waals surface area (Å²) < 4.78 is 16.7. The molecule has 4 aromatic rings. The van der Waals surface area contributed by atoms with Gasteiger partial charge in [0.1, 0.15) is 11.9 Å². The van der Waals surface area contributed by atoms with Crippen LogP contribution in [0.4, 0.5) is 0 Å². The van der Waals surface area contributed by atoms with Crippen molar-refractivity contribution >= 4 is 17.3 Å². The van der Waals surface area contributed by atoms with Gasteiger partial charge in [0.05, 0.1) is 30.5 Å². The molecular formula is C26H27N3O4S. The molecule has 0 aliphatic carbocycles. The van der Waals surface area contributed by atoms with Crippen LogP contribution in [-0.4, -0.2) is 36.2 Å². The Hall–Kier alpha value is -3.62. The Morgan fingerprint density at radius 2 is 1.68 bits per heavy atom. The van der Waals surface area contributed by atoms with Crippen LogP contribution >= 0.6 is 11.3 Å². The fourth-order valence-corrected chi connectivity index (χ4v) is 4.20. The molecule has 0 radical (unpaired) electrons. The lowest BCUT2D eigenvalue weighted by molar-refractivity contribution is -0.137. The Morgan fingerprint density at radius 1 is 1.00 bits per heavy atom. The van der Waals surface area contributed by atoms with Crippen LogP contribution in [0.1, 0.15) is 13.8 Å². The zero-order valence-electron chi connectivity index (χ0n) is 19.5. The molecular weight excluding hydrogens is 450 g/mol. The van der Waals surface area contributed by atoms with Crippen molar-refractivity contribution < 1.29 is 19.0 Å². The summed E-state index contributed by atoms with van der Waals surface area (Å²) in [6, 6.07) is 16.8. The predicted molar refractivity (Wildman–Crippen MR) is 134 cm³/mol. The fourth-order valence-electron chi connectivity index (χ4n) is 3.47. The van der Waals surface area contributed by atoms with Gasteiger partial charge in [-0.2, -0.15) is 0 Å². The lowest BCUT2D eigenvalue weighted by Gasteiger charge is -2.18. The van der Waals surface area contributed by atoms with Crippen LogP contribution in [0.2, 0.25) is 0 Å². The van der Waals surface area contributed by atoms with E-state index in [1.165, 1.54) is 14.2 Å². The van der Waals surface area contributed by atoms with E-state index in [-0.39, 0.29) is 11.7 Å². The molecule has 0 aliphatic heterocycles. The number of hydrogen-bond acceptors (Lipinski definition) is 7. The Balaban J connectivity index is 1.80. The summed E-state index contributed by atoms with van der Waals surface area (Å²) in [7, 11) is 3.01. The van der Waals surface area contributed by atoms with Gasteiger partial charge < -0.3 is 24.9 Å². The van der Waals surface area contributed by atoms with E-state index in [0.717, 1.165) is 27.4 Å². The summed E-state index contributed by atoms with van der Waals surface area (Å²) in [6.45, 7) is 3.71. The highest BCUT2D eigenvalue weighted by atomic mass is 32.1. The maximum Gasteiger partial charge on any atom is 0.328 e. The Kier molecular flexibility index (Phi) is 7.00. The Morgan fingerprint density at radius 3 is 2.24 bits per heavy atom. The van der Waals surface area contributed by atoms with Crippen LogP contribution in [-0.2, 0) is 4.79 Å². The van der Waals surface area contributed by atoms with Crippen molar-refractivity contribution in [2.75, 3.05) is 14.2 Å². The molecule has 2 heterocycles. The predicted octanol–water partition coefficient (Wildman–Crippen LogP) is 5.38. The lowest BCUT2D eigenvalue weighted by atomic mass is 10.1. The molecule has 2 aromatic carbocycles. The zero-order valence-corrected chi connectivity index (χ0v) is 20.3. The number of nitrogens with one attached hydrogen (secondary N) is 1. The monoisotopic (exact) mass is 477 g/mol. The van der Waals surface area contributed by atoms with Gasteiger partial charge >= 0.3 is 5.97 Å². The standard InChI is InChI=1S/C26H27N3O4S/c1-15(2)21(27)26(30)33-24-18(31-3)13-17(14-19(24)32-4)25-28-22(16-9-6-5-7-10-16)23(29-25)20-11-8-12-34-20/h5-15,21H,27H2,1-4H3,(H,28,29). The van der Waals surface area contributed by atoms with Crippen LogP contribution in [0.3, 0.4) is 0 Å². The number of ether oxygens (including phenoxy) is 3. The molecule has 0 saturated carbocycles. The van der Waals surface area contributed by atoms with Gasteiger partial charge in [0.15, 0.2) is 11.5 Å². The van der Waals surface area contributed by atoms with Gasteiger partial charge in [-0.1, -0.05) is 50.2 Å². The molecule has 0 fully saturated rings. The average Bonchev–Trinajstić information content (AvgIpc) is 3.54. The summed E-state index contributed by atoms with van der Waals surface area (Å²) >= 11 is 1.63. The van der Waals surface area contributed by atoms with Crippen LogP contribution in [0.5, 0.6) is 17.2 Å². The third-order valence-corrected chi connectivity index (χ3v) is 6.33. The number of carbonyl (C=O) groups excluding carboxylic acids is 1. The first kappa shape index (κ1) is 23.5. The quantitative estimate of drug-likeness (QED) is 0.261. The van der Waals surface area contributed by atoms with Crippen LogP contribution in [0.25, 0.3) is 33.2 Å². The first-order valence-electron chi connectivity index (χ1n) is 10.9. The van der Waals surface area contributed by atoms with Gasteiger partial charge in [0, 0.05) is 11.1 Å². The second kappa shape index (κ2) is 10.1. The second-order valence-electron chi connectivity index (χ2n) is 8.05. The number of benzene rings is 2. The molecule has 3 N–H and O–H groups in total. The van der Waals surface area contributed by atoms with E-state index in [0.29, 0.717) is 17.3 Å². The topological polar surface area (TPSA) is 99.5 Å². The molecule has 8 heteroatoms. The number of nitrogens with two attached hydrogens (primary N) is 1. The van der Waals surface area contributed by atoms with E-state index < -0.39 is 12.0 Å². The molecule has 0 saturated heterocycles. The highest BCUT2D eigenvalue weighted by Crippen LogP contribution is 2.43. The van der Waals surface area contributed by atoms with Crippen molar-refractivity contribution in [1.29, 1.82) is 0 Å². The minimum Gasteiger partial charge on any atom is -0.493 e. The molecule has 4 rings (SSSR count). The minimum absolute atomic E-state index is 0.0704. The van der Waals surface area contributed by atoms with Gasteiger partial charge in [-0.25, -0.2) is 9.78 Å². The summed E-state index contributed by atoms with van der Waals surface area (Å²) in [5, 5.41) is 2.03. The number of imidazole rings is 1. The molecule has 176 valence electrons. The highest BCUT2D eigenvalue weighted by molar-refractivity contribution is 7.13. The van der Waals surface area contributed by atoms with Gasteiger partial charge in [0.25, 0.3) is 0 Å². The SMILES string of the molecule is COc1cc(-c2nc(-c3ccccc3)c(-c3cccs3)[nH]2)cc(OC)c1OC(=O)C(N)C(C)C. The molecule has 0 spiro atoms. The Labute approximate surface area is 202 Å². The molecule has 34 heavy (non-hydrogen) atoms. The van der Waals surface area contributed by atoms with Crippen LogP contribution in [0.15, 0.2) is 60.0 Å². The van der Waals surface area contributed by atoms with Gasteiger partial charge in [-0.15, -0.1) is 11.3 Å². The van der Waals surface area contributed by atoms with Crippen molar-refractivity contribution in [2.24, 2.45) is 11.7 Å². The normalized spacial score (nSPS) is 11.9. The number of esters is 1. The molecule has 0 aliphatic rings. The number of rotatable bonds is 8. The van der Waals surface area contributed by atoms with E-state index in [1.54, 1.807) is 23.5 Å². The van der Waals surface area contributed by atoms with Crippen LogP contribution < -0.4 is 19.9 Å². The van der Waals surface area contributed by atoms with Crippen molar-refractivity contribution in [3.05, 3.63) is 60.0 Å². The lowest BCUT2D eigenvalue weighted by Crippen LogP contribution is -2.38.